The first kappa shape index (κ1) is 119. The van der Waals surface area contributed by atoms with E-state index in [4.69, 9.17) is 15.9 Å². The molecule has 12 atom stereocenters. The van der Waals surface area contributed by atoms with Crippen LogP contribution in [-0.2, 0) is 66.8 Å². The molecule has 6 rings (SSSR count). The SMILES string of the molecule is CC(C)CN(CC(O)[C@@H](N)Cc1ccccc1)C(=O)NC(C)(C)C.CC(C)CN(CC(O)[C@H](Cc1ccccc1)N=CB=O)C(=O)NC(C)(C)C.CC(C)CNCC(O)[C@H](Cc1ccccc1)N=CB=O.CCC(O)[C@H](Cc1ccccc1)N=CB=O.Cl.Cl.O=BC=N[C@@H](Cc1ccccc1)C(O)C(=O)O.O=BC=N[C@@H](Cc1ccccc1)C(O)CO.[3HH].[BH3-]F. The number of carbonyl (C=O) groups excluding carboxylic acids is 2. The molecule has 0 bridgehead atoms. The molecule has 0 aliphatic rings. The van der Waals surface area contributed by atoms with Crippen LogP contribution in [0.15, 0.2) is 207 Å². The fourth-order valence-electron chi connectivity index (χ4n) is 11.5. The van der Waals surface area contributed by atoms with Gasteiger partial charge in [-0.3, -0.25) is 0 Å². The number of rotatable bonds is 43. The Morgan fingerprint density at radius 1 is 0.411 bits per heavy atom. The number of aliphatic hydroxyl groups is 7. The van der Waals surface area contributed by atoms with Gasteiger partial charge >= 0.3 is 578 Å². The van der Waals surface area contributed by atoms with Crippen molar-refractivity contribution in [3.05, 3.63) is 215 Å². The van der Waals surface area contributed by atoms with E-state index in [9.17, 15) is 72.9 Å². The van der Waals surface area contributed by atoms with Crippen LogP contribution < -0.4 is 21.7 Å². The molecule has 0 aromatic heterocycles. The van der Waals surface area contributed by atoms with E-state index in [0.717, 1.165) is 52.2 Å². The van der Waals surface area contributed by atoms with Crippen molar-refractivity contribution in [1.82, 2.24) is 25.8 Å². The summed E-state index contributed by atoms with van der Waals surface area (Å²) in [5, 5.41) is 86.9. The van der Waals surface area contributed by atoms with Gasteiger partial charge in [0.15, 0.2) is 0 Å². The minimum absolute atomic E-state index is 0. The standard InChI is InChI=1S/C20H32BN3O3.C19H33N3O2.C15H23BN2O2.C12H16BNO2.C11H12BNO4.C11H14BNO3.BFH3.2ClH.H2/c1-15(2)12-24(19(26)23-20(3,4)5)13-18(25)17(22-14-21-27)11-16-9-7-6-8-10-16;1-14(2)12-22(18(24)21-19(3,4)5)13-17(23)16(20)11-15-9-7-6-8-10-15;1-12(2)9-17-10-15(19)14(18-11-16-20)8-13-6-4-3-5-7-13;1-2-12(15)11(14-9-13-16)8-10-6-4-3-5-7-10;14-10(11(15)16)9(13-7-12-17)6-8-4-2-1-3-5-8;14-7-11(15)10(13-8-12-16)6-9-4-2-1-3-5-9;1-2;;;/h6-10,14-15,17-18,25H,11-13H2,1-5H3,(H,23,26);6-10,14,16-17,23H,11-13,20H2,1-5H3,(H,21,24);3-7,11-12,14-15,17,19H,8-10H2,1-2H3;3-7,9,11-12,15H,2,8H2,1H3;1-5,7,9-10,14H,6H2,(H,15,16);1-5,8,10-11,14-15H,6-7H2;1H3;3*1H/q;;;;;;-1;;;/t17-,18?;16-,17?;14-,15?;11-,12?;9-,10?;10-,11?;;;;/m000000..../s1/i;;;;;;;;;1+2. The van der Waals surface area contributed by atoms with Gasteiger partial charge in [0.05, 0.1) is 6.10 Å². The Kier molecular flexibility index (Phi) is 68.7. The van der Waals surface area contributed by atoms with Gasteiger partial charge in [-0.15, -0.1) is 24.8 Å². The molecule has 0 radical (unpaired) electrons. The number of aliphatic hydroxyl groups excluding tert-OH is 7. The van der Waals surface area contributed by atoms with E-state index in [0.29, 0.717) is 106 Å². The van der Waals surface area contributed by atoms with Crippen molar-refractivity contribution in [2.24, 2.45) is 48.4 Å². The van der Waals surface area contributed by atoms with Crippen molar-refractivity contribution >= 4 is 117 Å². The molecule has 6 unspecified atom stereocenters. The molecule has 27 nitrogen and oxygen atoms in total. The van der Waals surface area contributed by atoms with E-state index >= 15 is 0 Å². The number of aliphatic carboxylic acids is 1. The van der Waals surface area contributed by atoms with Gasteiger partial charge in [-0.05, 0) is 38.7 Å². The quantitative estimate of drug-likeness (QED) is 0.0127. The number of amides is 4. The van der Waals surface area contributed by atoms with Crippen LogP contribution in [0.3, 0.4) is 0 Å². The third kappa shape index (κ3) is 59.2. The molecule has 680 valence electrons. The number of nitrogens with two attached hydrogens (primary N) is 1. The molecular formula is C88H137B6Cl2FN11O16-. The van der Waals surface area contributed by atoms with Gasteiger partial charge < -0.3 is 25.4 Å². The molecule has 124 heavy (non-hydrogen) atoms. The second-order valence-corrected chi connectivity index (χ2v) is 32.0. The van der Waals surface area contributed by atoms with Crippen LogP contribution in [0.25, 0.3) is 0 Å². The van der Waals surface area contributed by atoms with Crippen LogP contribution in [0.5, 0.6) is 0 Å². The van der Waals surface area contributed by atoms with E-state index in [2.05, 4.69) is 54.8 Å². The molecule has 0 heterocycles. The zero-order valence-electron chi connectivity index (χ0n) is 73.4. The Labute approximate surface area is 752 Å². The number of nitrogens with one attached hydrogen (secondary N) is 3. The van der Waals surface area contributed by atoms with Crippen LogP contribution in [-0.4, -0.2) is 273 Å². The van der Waals surface area contributed by atoms with Crippen molar-refractivity contribution in [2.45, 2.75) is 219 Å². The Hall–Kier alpha value is -8.78. The number of urea groups is 2. The average molecular weight is 1760 g/mol. The van der Waals surface area contributed by atoms with Crippen LogP contribution >= 0.6 is 24.8 Å². The van der Waals surface area contributed by atoms with Crippen molar-refractivity contribution in [1.29, 1.82) is 0 Å². The number of benzene rings is 6. The summed E-state index contributed by atoms with van der Waals surface area (Å²) in [6.45, 7) is 28.3. The maximum absolute atomic E-state index is 12.6. The summed E-state index contributed by atoms with van der Waals surface area (Å²) >= 11 is 0. The molecule has 0 saturated heterocycles. The van der Waals surface area contributed by atoms with Crippen LogP contribution in [0.1, 0.15) is 131 Å². The molecular weight excluding hydrogens is 1620 g/mol. The number of aliphatic imine (C=N–C) groups is 5. The summed E-state index contributed by atoms with van der Waals surface area (Å²) in [5.74, 6) is -0.246. The molecule has 0 aliphatic carbocycles. The molecule has 0 aliphatic heterocycles. The molecule has 6 aromatic rings. The number of nitrogens with zero attached hydrogens (tertiary/aromatic N) is 7. The predicted octanol–water partition coefficient (Wildman–Crippen LogP) is 8.09. The second kappa shape index (κ2) is 71.4. The molecule has 13 N–H and O–H groups in total. The zero-order valence-corrected chi connectivity index (χ0v) is 75.0. The summed E-state index contributed by atoms with van der Waals surface area (Å²) in [6, 6.07) is 54.6. The maximum Gasteiger partial charge on any atom is 0.114 e. The van der Waals surface area contributed by atoms with Gasteiger partial charge in [0, 0.05) is 26.1 Å². The molecule has 4 amide bonds. The van der Waals surface area contributed by atoms with E-state index in [1.165, 1.54) is 18.3 Å². The Bertz CT molecular complexity index is 3870. The third-order valence-corrected chi connectivity index (χ3v) is 17.4. The van der Waals surface area contributed by atoms with Gasteiger partial charge in [0.2, 0.25) is 0 Å². The maximum atomic E-state index is 12.6. The van der Waals surface area contributed by atoms with Gasteiger partial charge in [-0.2, -0.15) is 0 Å². The largest absolute Gasteiger partial charge is 0.530 e. The number of hydrogen-bond donors (Lipinski definition) is 12. The van der Waals surface area contributed by atoms with Crippen molar-refractivity contribution < 1.29 is 84.5 Å². The number of carboxylic acids is 1. The minimum atomic E-state index is -1.62. The molecule has 6 aromatic carbocycles. The van der Waals surface area contributed by atoms with Crippen LogP contribution in [0.4, 0.5) is 13.9 Å². The first-order valence-electron chi connectivity index (χ1n) is 40.6. The smallest absolute Gasteiger partial charge is 0.114 e. The zero-order chi connectivity index (χ0) is 91.9. The van der Waals surface area contributed by atoms with E-state index in [1.807, 2.05) is 246 Å². The van der Waals surface area contributed by atoms with Crippen LogP contribution in [0, 0.1) is 17.8 Å². The Morgan fingerprint density at radius 2 is 0.669 bits per heavy atom. The summed E-state index contributed by atoms with van der Waals surface area (Å²) in [6.07, 6.45) is 4.07. The fraction of sp³-hybridized carbons (Fsp3) is 0.500. The summed E-state index contributed by atoms with van der Waals surface area (Å²) < 4.78 is 61.5. The number of hydrogen-bond acceptors (Lipinski definition) is 22. The summed E-state index contributed by atoms with van der Waals surface area (Å²) in [4.78, 5) is 59.1. The molecule has 0 spiro atoms. The third-order valence-electron chi connectivity index (χ3n) is 17.4. The predicted molar refractivity (Wildman–Crippen MR) is 508 cm³/mol. The number of carbonyl (C=O) groups is 3. The van der Waals surface area contributed by atoms with Crippen molar-refractivity contribution in [2.75, 3.05) is 45.9 Å². The fourth-order valence-corrected chi connectivity index (χ4v) is 11.5. The van der Waals surface area contributed by atoms with Gasteiger partial charge in [0.25, 0.3) is 0 Å². The average Bonchev–Trinajstić information content (AvgIpc) is 0.869. The van der Waals surface area contributed by atoms with Gasteiger partial charge in [-0.25, -0.2) is 4.79 Å². The van der Waals surface area contributed by atoms with E-state index < -0.39 is 74.9 Å². The number of halogens is 3. The van der Waals surface area contributed by atoms with Crippen LogP contribution in [0.2, 0.25) is 0 Å². The van der Waals surface area contributed by atoms with Gasteiger partial charge in [-0.1, -0.05) is 44.2 Å². The van der Waals surface area contributed by atoms with E-state index in [1.54, 1.807) is 21.9 Å². The minimum Gasteiger partial charge on any atom is -0.530 e. The normalized spacial score (nSPS) is 13.9. The molecule has 36 heteroatoms. The monoisotopic (exact) mass is 1760 g/mol. The second-order valence-electron chi connectivity index (χ2n) is 32.0. The summed E-state index contributed by atoms with van der Waals surface area (Å²) in [7, 11) is 2.14. The van der Waals surface area contributed by atoms with Crippen molar-refractivity contribution in [3.63, 3.8) is 0 Å². The number of carboxylic acid groups (broad SMARTS) is 1. The Balaban J connectivity index is -0.000000703. The van der Waals surface area contributed by atoms with E-state index in [-0.39, 0.29) is 93.5 Å². The summed E-state index contributed by atoms with van der Waals surface area (Å²) in [5.41, 5.74) is 11.6. The topological polar surface area (TPSA) is 429 Å². The molecule has 0 saturated carbocycles. The first-order chi connectivity index (χ1) is 58.0. The Morgan fingerprint density at radius 3 is 0.927 bits per heavy atom. The van der Waals surface area contributed by atoms with Crippen molar-refractivity contribution in [3.8, 4) is 0 Å². The van der Waals surface area contributed by atoms with Gasteiger partial charge in [0.1, 0.15) is 8.12 Å². The molecule has 0 fully saturated rings. The first-order valence-corrected chi connectivity index (χ1v) is 40.6.